The number of rotatable bonds is 27. The Morgan fingerprint density at radius 2 is 0.750 bits per heavy atom. The lowest BCUT2D eigenvalue weighted by atomic mass is 10.1. The van der Waals surface area contributed by atoms with E-state index in [0.29, 0.717) is 131 Å². The summed E-state index contributed by atoms with van der Waals surface area (Å²) in [6.07, 6.45) is 27.9. The van der Waals surface area contributed by atoms with Crippen LogP contribution in [-0.4, -0.2) is 231 Å². The molecular formula is C79H100N8O17. The van der Waals surface area contributed by atoms with Crippen LogP contribution in [0.4, 0.5) is 0 Å². The van der Waals surface area contributed by atoms with Crippen LogP contribution in [0.15, 0.2) is 121 Å². The molecule has 25 nitrogen and oxygen atoms in total. The molecule has 0 radical (unpaired) electrons. The Bertz CT molecular complexity index is 3880. The third-order valence-electron chi connectivity index (χ3n) is 16.4. The number of nitrogens with zero attached hydrogens (tertiary/aromatic N) is 6. The molecule has 0 spiro atoms. The molecule has 104 heavy (non-hydrogen) atoms. The average molecular weight is 1430 g/mol. The molecule has 0 aromatic heterocycles. The second kappa shape index (κ2) is 43.5. The number of nitrogens with two attached hydrogens (primary N) is 1. The van der Waals surface area contributed by atoms with Crippen LogP contribution in [0, 0.1) is 27.7 Å². The van der Waals surface area contributed by atoms with Gasteiger partial charge >= 0.3 is 0 Å². The second-order valence-electron chi connectivity index (χ2n) is 24.4. The molecule has 5 aliphatic rings. The monoisotopic (exact) mass is 1430 g/mol. The minimum absolute atomic E-state index is 0.274. The maximum absolute atomic E-state index is 12.3. The summed E-state index contributed by atoms with van der Waals surface area (Å²) in [5.74, 6) is 2.78. The van der Waals surface area contributed by atoms with Gasteiger partial charge < -0.3 is 58.6 Å². The molecule has 3 N–H and O–H groups in total. The smallest absolute Gasteiger partial charge is 0.253 e. The van der Waals surface area contributed by atoms with Crippen LogP contribution in [0.3, 0.4) is 0 Å². The first-order valence-electron chi connectivity index (χ1n) is 34.5. The fourth-order valence-corrected chi connectivity index (χ4v) is 10.9. The maximum Gasteiger partial charge on any atom is 0.253 e. The van der Waals surface area contributed by atoms with Gasteiger partial charge in [0.2, 0.25) is 0 Å². The van der Waals surface area contributed by atoms with E-state index in [4.69, 9.17) is 48.4 Å². The van der Waals surface area contributed by atoms with Crippen LogP contribution >= 0.6 is 0 Å². The van der Waals surface area contributed by atoms with Crippen molar-refractivity contribution in [1.29, 1.82) is 0 Å². The molecule has 1 fully saturated rings. The van der Waals surface area contributed by atoms with Gasteiger partial charge in [-0.2, -0.15) is 0 Å². The highest BCUT2D eigenvalue weighted by molar-refractivity contribution is 6.09. The van der Waals surface area contributed by atoms with Gasteiger partial charge in [-0.3, -0.25) is 62.9 Å². The molecular weight excluding hydrogens is 1330 g/mol. The van der Waals surface area contributed by atoms with Crippen molar-refractivity contribution in [2.45, 2.75) is 53.4 Å². The van der Waals surface area contributed by atoms with E-state index < -0.39 is 0 Å². The predicted molar refractivity (Wildman–Crippen MR) is 400 cm³/mol. The SMILES string of the molecule is CNCCOc1c(C)cc(/C=C/C(=O)N2CCC=CC2=O)cc1OC.COc1cc(/C=C/C(=O)N2CCC=CC2=O)cc(C)c1OCCN.COc1cc(/C=C/C(=O)N2CCC=CC2=O)cc(C)c1OCCN(C)C.COc1cc(/C=C/C(=O)N2CCC=CC2=O)cc(C)c1OCCN1CCOCC1. The normalized spacial score (nSPS) is 15.2. The fraction of sp³-hybridized carbons (Fsp3) is 0.392. The molecule has 0 atom stereocenters. The van der Waals surface area contributed by atoms with Crippen LogP contribution in [0.5, 0.6) is 46.0 Å². The van der Waals surface area contributed by atoms with Crippen LogP contribution in [-0.2, 0) is 43.1 Å². The van der Waals surface area contributed by atoms with E-state index in [2.05, 4.69) is 10.2 Å². The number of nitrogens with one attached hydrogen (secondary N) is 1. The lowest BCUT2D eigenvalue weighted by molar-refractivity contribution is -0.140. The summed E-state index contributed by atoms with van der Waals surface area (Å²) in [7, 11) is 12.2. The van der Waals surface area contributed by atoms with E-state index in [1.165, 1.54) is 68.2 Å². The van der Waals surface area contributed by atoms with Gasteiger partial charge in [0.1, 0.15) is 26.4 Å². The molecule has 0 saturated carbocycles. The first-order chi connectivity index (χ1) is 50.1. The molecule has 1 saturated heterocycles. The Kier molecular flexibility index (Phi) is 34.5. The summed E-state index contributed by atoms with van der Waals surface area (Å²) in [6, 6.07) is 14.9. The first-order valence-corrected chi connectivity index (χ1v) is 34.5. The third-order valence-corrected chi connectivity index (χ3v) is 16.4. The quantitative estimate of drug-likeness (QED) is 0.0423. The zero-order chi connectivity index (χ0) is 75.5. The fourth-order valence-electron chi connectivity index (χ4n) is 10.9. The van der Waals surface area contributed by atoms with Crippen molar-refractivity contribution < 1.29 is 81.0 Å². The molecule has 4 aromatic carbocycles. The van der Waals surface area contributed by atoms with Gasteiger partial charge in [0.25, 0.3) is 47.3 Å². The molecule has 558 valence electrons. The Labute approximate surface area is 610 Å². The lowest BCUT2D eigenvalue weighted by Crippen LogP contribution is -2.38. The molecule has 5 aliphatic heterocycles. The summed E-state index contributed by atoms with van der Waals surface area (Å²) < 4.78 is 50.2. The Morgan fingerprint density at radius 3 is 1.03 bits per heavy atom. The van der Waals surface area contributed by atoms with Gasteiger partial charge in [-0.05, 0) is 216 Å². The van der Waals surface area contributed by atoms with Crippen molar-refractivity contribution in [2.24, 2.45) is 5.73 Å². The van der Waals surface area contributed by atoms with E-state index in [1.807, 2.05) is 96.2 Å². The lowest BCUT2D eigenvalue weighted by Gasteiger charge is -2.26. The number of benzene rings is 4. The number of hydrogen-bond donors (Lipinski definition) is 2. The zero-order valence-corrected chi connectivity index (χ0v) is 61.7. The summed E-state index contributed by atoms with van der Waals surface area (Å²) in [5.41, 5.74) is 12.3. The number of methoxy groups -OCH3 is 4. The van der Waals surface area contributed by atoms with Crippen molar-refractivity contribution in [3.05, 3.63) is 166 Å². The molecule has 0 aliphatic carbocycles. The number of amides is 8. The standard InChI is InChI=1S/C22H28N2O5.C20H26N2O4.C19H24N2O4.C18H22N2O4/c1-17-15-18(6-7-21(26)24-8-4-3-5-20(24)25)16-19(27-2)22(17)29-14-11-23-9-12-28-13-10-23;1-15-13-16(8-9-19(24)22-10-6-5-7-18(22)23)14-17(25-4)20(15)26-12-11-21(2)3;1-14-12-15(13-16(24-3)19(14)25-11-9-20-2)7-8-18(23)21-10-5-4-6-17(21)22;1-13-11-14(12-15(23-2)18(13)24-10-8-19)6-7-17(22)20-9-4-3-5-16(20)21/h3,5-7,15-16H,4,8-14H2,1-2H3;5,7-9,13-14H,6,10-12H2,1-4H3;4,6-8,12-13,20H,5,9-11H2,1-3H3;3,5-7,11-12H,4,8-10,19H2,1-2H3/b7-6+;9-8+;8-7+;7-6+. The summed E-state index contributed by atoms with van der Waals surface area (Å²) >= 11 is 0. The summed E-state index contributed by atoms with van der Waals surface area (Å²) in [5, 5.41) is 3.02. The number of ether oxygens (including phenoxy) is 9. The van der Waals surface area contributed by atoms with Crippen LogP contribution < -0.4 is 48.9 Å². The summed E-state index contributed by atoms with van der Waals surface area (Å²) in [4.78, 5) is 105. The highest BCUT2D eigenvalue weighted by Crippen LogP contribution is 2.36. The van der Waals surface area contributed by atoms with E-state index >= 15 is 0 Å². The van der Waals surface area contributed by atoms with Crippen LogP contribution in [0.2, 0.25) is 0 Å². The minimum atomic E-state index is -0.329. The number of carbonyl (C=O) groups excluding carboxylic acids is 8. The van der Waals surface area contributed by atoms with Crippen molar-refractivity contribution in [2.75, 3.05) is 155 Å². The molecule has 5 heterocycles. The highest BCUT2D eigenvalue weighted by atomic mass is 16.5. The number of likely N-dealkylation sites (N-methyl/N-ethyl adjacent to an activating group) is 2. The Morgan fingerprint density at radius 1 is 0.452 bits per heavy atom. The maximum atomic E-state index is 12.3. The predicted octanol–water partition coefficient (Wildman–Crippen LogP) is 7.91. The minimum Gasteiger partial charge on any atom is -0.493 e. The molecule has 0 bridgehead atoms. The first kappa shape index (κ1) is 82.5. The van der Waals surface area contributed by atoms with E-state index in [1.54, 1.807) is 83.1 Å². The van der Waals surface area contributed by atoms with Crippen molar-refractivity contribution in [3.63, 3.8) is 0 Å². The number of imide groups is 4. The van der Waals surface area contributed by atoms with Gasteiger partial charge in [0, 0.05) is 89.8 Å². The largest absolute Gasteiger partial charge is 0.493 e. The molecule has 8 amide bonds. The second-order valence-corrected chi connectivity index (χ2v) is 24.4. The molecule has 0 unspecified atom stereocenters. The van der Waals surface area contributed by atoms with Crippen LogP contribution in [0.1, 0.15) is 70.2 Å². The average Bonchev–Trinajstić information content (AvgIpc) is 0.864. The van der Waals surface area contributed by atoms with Crippen LogP contribution in [0.25, 0.3) is 24.3 Å². The van der Waals surface area contributed by atoms with E-state index in [0.717, 1.165) is 90.4 Å². The number of carbonyl (C=O) groups is 8. The van der Waals surface area contributed by atoms with Gasteiger partial charge in [0.15, 0.2) is 46.0 Å². The Hall–Kier alpha value is -10.4. The Balaban J connectivity index is 0.000000218. The zero-order valence-electron chi connectivity index (χ0n) is 61.7. The van der Waals surface area contributed by atoms with E-state index in [9.17, 15) is 38.4 Å². The third kappa shape index (κ3) is 25.8. The topological polar surface area (TPSA) is 277 Å². The number of hydrogen-bond acceptors (Lipinski definition) is 21. The van der Waals surface area contributed by atoms with Gasteiger partial charge in [-0.15, -0.1) is 0 Å². The molecule has 4 aromatic rings. The van der Waals surface area contributed by atoms with Gasteiger partial charge in [-0.1, -0.05) is 24.3 Å². The van der Waals surface area contributed by atoms with Gasteiger partial charge in [-0.25, -0.2) is 0 Å². The molecule has 25 heteroatoms. The van der Waals surface area contributed by atoms with Crippen molar-refractivity contribution >= 4 is 71.6 Å². The van der Waals surface area contributed by atoms with Gasteiger partial charge in [0.05, 0.1) is 41.7 Å². The van der Waals surface area contributed by atoms with E-state index in [-0.39, 0.29) is 47.3 Å². The summed E-state index contributed by atoms with van der Waals surface area (Å²) in [6.45, 7) is 17.6. The highest BCUT2D eigenvalue weighted by Gasteiger charge is 2.24. The molecule has 9 rings (SSSR count). The number of aryl methyl sites for hydroxylation is 4. The van der Waals surface area contributed by atoms with Crippen molar-refractivity contribution in [3.8, 4) is 46.0 Å². The van der Waals surface area contributed by atoms with Crippen molar-refractivity contribution in [1.82, 2.24) is 34.7 Å². The number of morpholine rings is 1.